The third kappa shape index (κ3) is 16.7. The second-order valence-corrected chi connectivity index (χ2v) is 18.6. The van der Waals surface area contributed by atoms with Gasteiger partial charge in [0.15, 0.2) is 0 Å². The minimum absolute atomic E-state index is 0.770. The molecule has 0 N–H and O–H groups in total. The Morgan fingerprint density at radius 1 is 0.507 bits per heavy atom. The molecule has 0 aromatic heterocycles. The molecule has 1 heteroatoms. The lowest BCUT2D eigenvalue weighted by Gasteiger charge is -2.17. The van der Waals surface area contributed by atoms with Crippen molar-refractivity contribution in [3.05, 3.63) is 213 Å². The van der Waals surface area contributed by atoms with Crippen molar-refractivity contribution in [1.29, 1.82) is 0 Å². The molecule has 0 radical (unpaired) electrons. The molecule has 1 unspecified atom stereocenters. The minimum atomic E-state index is 0.770. The van der Waals surface area contributed by atoms with Crippen LogP contribution in [0.4, 0.5) is 0 Å². The lowest BCUT2D eigenvalue weighted by atomic mass is 9.88. The fourth-order valence-electron chi connectivity index (χ4n) is 8.57. The second-order valence-electron chi connectivity index (χ2n) is 18.6. The molecule has 2 aliphatic carbocycles. The van der Waals surface area contributed by atoms with Gasteiger partial charge in [-0.05, 0) is 183 Å². The molecule has 2 aliphatic rings. The summed E-state index contributed by atoms with van der Waals surface area (Å²) >= 11 is 0. The molecule has 0 saturated heterocycles. The minimum Gasteiger partial charge on any atom is -0.497 e. The third-order valence-corrected chi connectivity index (χ3v) is 12.4. The first-order valence-electron chi connectivity index (χ1n) is 25.1. The predicted molar refractivity (Wildman–Crippen MR) is 297 cm³/mol. The number of ether oxygens (including phenoxy) is 1. The molecule has 0 amide bonds. The highest BCUT2D eigenvalue weighted by Gasteiger charge is 2.13. The number of allylic oxidation sites excluding steroid dienone is 8. The average Bonchev–Trinajstić information content (AvgIpc) is 3.32. The first-order chi connectivity index (χ1) is 32.3. The van der Waals surface area contributed by atoms with Gasteiger partial charge in [0.2, 0.25) is 0 Å². The molecule has 8 rings (SSSR count). The standard InChI is InChI=1S/C28H28.C15H16.C10H14O.C10H16.C3H8/c1-19-9-5-7-11-25(19)27-16-15-23(17-22(27)4)24-14-13-21(3)28(18-24)26-12-8-6-10-20(26)2;1-11-8-9-13(3)15(10-11)14-7-5-4-6-12(14)2;1-3-4-9-5-7-10(11-2)8-6-9;1-3-5-10-7-4-6-9(2)8-10;1-3-2/h5,7-9,11-18H,6,10H2,1-4H3;4-10H,1-3H3;5-8H,3-4H2,1-2H3;4,7-9H,3,5-6H2,1-2H3;3H2,1-2H3. The van der Waals surface area contributed by atoms with Crippen molar-refractivity contribution in [3.8, 4) is 39.1 Å². The van der Waals surface area contributed by atoms with E-state index in [-0.39, 0.29) is 0 Å². The highest BCUT2D eigenvalue weighted by atomic mass is 16.5. The van der Waals surface area contributed by atoms with Crippen LogP contribution in [-0.2, 0) is 6.42 Å². The first-order valence-corrected chi connectivity index (χ1v) is 25.1. The molecule has 6 aromatic carbocycles. The van der Waals surface area contributed by atoms with E-state index < -0.39 is 0 Å². The van der Waals surface area contributed by atoms with Gasteiger partial charge in [-0.1, -0.05) is 210 Å². The van der Waals surface area contributed by atoms with Crippen molar-refractivity contribution < 1.29 is 4.74 Å². The SMILES string of the molecule is CC1=C(c2cc(-c3ccc(-c4ccccc4C)c(C)c3)ccc2C)C=CCC1.CCC.CCCC1=CC(C)CC=C1.CCCc1ccc(OC)cc1.Cc1ccc(C)c(-c2ccccc2C)c1. The van der Waals surface area contributed by atoms with Gasteiger partial charge in [-0.15, -0.1) is 0 Å². The van der Waals surface area contributed by atoms with Crippen molar-refractivity contribution >= 4 is 5.57 Å². The summed E-state index contributed by atoms with van der Waals surface area (Å²) < 4.78 is 5.05. The summed E-state index contributed by atoms with van der Waals surface area (Å²) in [6.07, 6.45) is 21.2. The van der Waals surface area contributed by atoms with E-state index in [0.29, 0.717) is 0 Å². The smallest absolute Gasteiger partial charge is 0.118 e. The fourth-order valence-corrected chi connectivity index (χ4v) is 8.57. The molecule has 0 bridgehead atoms. The van der Waals surface area contributed by atoms with Gasteiger partial charge in [-0.3, -0.25) is 0 Å². The fraction of sp³-hybridized carbons (Fsp3) is 0.333. The summed E-state index contributed by atoms with van der Waals surface area (Å²) in [6, 6.07) is 45.8. The number of hydrogen-bond donors (Lipinski definition) is 0. The van der Waals surface area contributed by atoms with Crippen LogP contribution in [0.1, 0.15) is 131 Å². The highest BCUT2D eigenvalue weighted by molar-refractivity contribution is 5.83. The van der Waals surface area contributed by atoms with Crippen molar-refractivity contribution in [2.75, 3.05) is 7.11 Å². The van der Waals surface area contributed by atoms with Crippen LogP contribution < -0.4 is 4.74 Å². The molecule has 352 valence electrons. The Kier molecular flexibility index (Phi) is 22.7. The summed E-state index contributed by atoms with van der Waals surface area (Å²) in [4.78, 5) is 0. The van der Waals surface area contributed by atoms with E-state index in [1.54, 1.807) is 7.11 Å². The van der Waals surface area contributed by atoms with Gasteiger partial charge < -0.3 is 4.74 Å². The number of rotatable bonds is 9. The van der Waals surface area contributed by atoms with Crippen molar-refractivity contribution in [3.63, 3.8) is 0 Å². The maximum atomic E-state index is 5.05. The Labute approximate surface area is 408 Å². The molecule has 6 aromatic rings. The zero-order valence-electron chi connectivity index (χ0n) is 43.7. The lowest BCUT2D eigenvalue weighted by Crippen LogP contribution is -1.95. The van der Waals surface area contributed by atoms with Crippen LogP contribution >= 0.6 is 0 Å². The van der Waals surface area contributed by atoms with Gasteiger partial charge in [0.1, 0.15) is 5.75 Å². The molecule has 0 heterocycles. The molecule has 67 heavy (non-hydrogen) atoms. The monoisotopic (exact) mass is 891 g/mol. The first kappa shape index (κ1) is 53.7. The largest absolute Gasteiger partial charge is 0.497 e. The Hall–Kier alpha value is -5.92. The Balaban J connectivity index is 0.000000211. The number of hydrogen-bond acceptors (Lipinski definition) is 1. The van der Waals surface area contributed by atoms with Gasteiger partial charge in [-0.25, -0.2) is 0 Å². The number of aryl methyl sites for hydroxylation is 7. The molecule has 0 saturated carbocycles. The zero-order chi connectivity index (χ0) is 48.7. The molecular formula is C66H82O. The van der Waals surface area contributed by atoms with E-state index in [0.717, 1.165) is 24.5 Å². The molecule has 0 aliphatic heterocycles. The van der Waals surface area contributed by atoms with Crippen molar-refractivity contribution in [2.45, 2.75) is 134 Å². The summed E-state index contributed by atoms with van der Waals surface area (Å²) in [7, 11) is 1.69. The summed E-state index contributed by atoms with van der Waals surface area (Å²) in [5.41, 5.74) is 23.1. The molecule has 1 atom stereocenters. The van der Waals surface area contributed by atoms with Crippen molar-refractivity contribution in [2.24, 2.45) is 5.92 Å². The van der Waals surface area contributed by atoms with E-state index in [1.807, 2.05) is 12.1 Å². The molecule has 0 spiro atoms. The summed E-state index contributed by atoms with van der Waals surface area (Å²) in [5, 5.41) is 0. The van der Waals surface area contributed by atoms with Crippen LogP contribution in [0.15, 0.2) is 169 Å². The van der Waals surface area contributed by atoms with Crippen LogP contribution in [0.25, 0.3) is 39.0 Å². The zero-order valence-corrected chi connectivity index (χ0v) is 43.7. The van der Waals surface area contributed by atoms with Crippen LogP contribution in [0, 0.1) is 47.5 Å². The molecule has 1 nitrogen and oxygen atoms in total. The number of benzene rings is 6. The van der Waals surface area contributed by atoms with E-state index in [1.165, 1.54) is 133 Å². The van der Waals surface area contributed by atoms with Crippen LogP contribution in [0.3, 0.4) is 0 Å². The van der Waals surface area contributed by atoms with Gasteiger partial charge in [0.25, 0.3) is 0 Å². The average molecular weight is 891 g/mol. The number of methoxy groups -OCH3 is 1. The van der Waals surface area contributed by atoms with Gasteiger partial charge in [-0.2, -0.15) is 0 Å². The quantitative estimate of drug-likeness (QED) is 0.141. The van der Waals surface area contributed by atoms with Crippen molar-refractivity contribution in [1.82, 2.24) is 0 Å². The second kappa shape index (κ2) is 28.3. The summed E-state index contributed by atoms with van der Waals surface area (Å²) in [6.45, 7) is 26.3. The summed E-state index contributed by atoms with van der Waals surface area (Å²) in [5.74, 6) is 1.71. The highest BCUT2D eigenvalue weighted by Crippen LogP contribution is 2.35. The third-order valence-electron chi connectivity index (χ3n) is 12.4. The lowest BCUT2D eigenvalue weighted by molar-refractivity contribution is 0.414. The molecular weight excluding hydrogens is 809 g/mol. The van der Waals surface area contributed by atoms with E-state index in [9.17, 15) is 0 Å². The Bertz CT molecular complexity index is 2570. The topological polar surface area (TPSA) is 9.23 Å². The Morgan fingerprint density at radius 3 is 1.64 bits per heavy atom. The van der Waals surface area contributed by atoms with Crippen LogP contribution in [0.5, 0.6) is 5.75 Å². The Morgan fingerprint density at radius 2 is 1.06 bits per heavy atom. The van der Waals surface area contributed by atoms with E-state index in [4.69, 9.17) is 4.74 Å². The maximum absolute atomic E-state index is 5.05. The van der Waals surface area contributed by atoms with E-state index in [2.05, 4.69) is 229 Å². The normalized spacial score (nSPS) is 13.6. The predicted octanol–water partition coefficient (Wildman–Crippen LogP) is 19.7. The molecule has 0 fully saturated rings. The van der Waals surface area contributed by atoms with Gasteiger partial charge in [0.05, 0.1) is 7.11 Å². The maximum Gasteiger partial charge on any atom is 0.118 e. The van der Waals surface area contributed by atoms with E-state index >= 15 is 0 Å². The van der Waals surface area contributed by atoms with Gasteiger partial charge in [0, 0.05) is 0 Å². The van der Waals surface area contributed by atoms with Gasteiger partial charge >= 0.3 is 0 Å². The van der Waals surface area contributed by atoms with Crippen LogP contribution in [0.2, 0.25) is 0 Å². The van der Waals surface area contributed by atoms with Crippen LogP contribution in [-0.4, -0.2) is 7.11 Å².